The van der Waals surface area contributed by atoms with E-state index in [1.54, 1.807) is 18.2 Å². The van der Waals surface area contributed by atoms with Crippen molar-refractivity contribution in [2.45, 2.75) is 45.6 Å². The molecule has 0 aliphatic heterocycles. The van der Waals surface area contributed by atoms with Crippen LogP contribution >= 0.6 is 23.2 Å². The predicted octanol–water partition coefficient (Wildman–Crippen LogP) is 8.49. The van der Waals surface area contributed by atoms with Gasteiger partial charge in [-0.2, -0.15) is 4.98 Å². The summed E-state index contributed by atoms with van der Waals surface area (Å²) >= 11 is 12.4. The number of aromatic nitrogens is 2. The van der Waals surface area contributed by atoms with Gasteiger partial charge in [-0.3, -0.25) is 0 Å². The van der Waals surface area contributed by atoms with Gasteiger partial charge in [0.25, 0.3) is 5.89 Å². The number of anilines is 1. The molecule has 0 saturated carbocycles. The molecule has 0 fully saturated rings. The largest absolute Gasteiger partial charge is 0.370 e. The maximum Gasteiger partial charge on any atom is 0.254 e. The lowest BCUT2D eigenvalue weighted by Gasteiger charge is -2.25. The summed E-state index contributed by atoms with van der Waals surface area (Å²) in [5, 5.41) is 9.02. The van der Waals surface area contributed by atoms with E-state index in [9.17, 15) is 0 Å². The van der Waals surface area contributed by atoms with Crippen molar-refractivity contribution in [3.8, 4) is 11.4 Å². The molecule has 1 atom stereocenters. The highest BCUT2D eigenvalue weighted by Gasteiger charge is 2.25. The number of halogens is 2. The van der Waals surface area contributed by atoms with E-state index in [0.717, 1.165) is 11.3 Å². The van der Waals surface area contributed by atoms with Gasteiger partial charge in [-0.1, -0.05) is 105 Å². The molecule has 4 rings (SSSR count). The van der Waals surface area contributed by atoms with Crippen LogP contribution in [0.25, 0.3) is 11.4 Å². The van der Waals surface area contributed by atoms with Crippen LogP contribution < -0.4 is 5.32 Å². The Labute approximate surface area is 204 Å². The second kappa shape index (κ2) is 9.98. The monoisotopic (exact) mass is 479 g/mol. The summed E-state index contributed by atoms with van der Waals surface area (Å²) in [6, 6.07) is 21.5. The Kier molecular flexibility index (Phi) is 7.06. The van der Waals surface area contributed by atoms with Crippen molar-refractivity contribution in [2.24, 2.45) is 0 Å². The fourth-order valence-corrected chi connectivity index (χ4v) is 4.47. The summed E-state index contributed by atoms with van der Waals surface area (Å²) in [4.78, 5) is 4.73. The molecular weight excluding hydrogens is 453 g/mol. The SMILES string of the molecule is CC(C)c1cccc(C(C)C)c1NC(c1ccccc1)c1nc(-c2cc(Cl)cc(Cl)c2)no1. The first-order valence-electron chi connectivity index (χ1n) is 11.1. The molecule has 1 heterocycles. The summed E-state index contributed by atoms with van der Waals surface area (Å²) in [5.41, 5.74) is 5.36. The number of rotatable bonds is 7. The molecule has 0 aliphatic carbocycles. The minimum atomic E-state index is -0.320. The zero-order valence-electron chi connectivity index (χ0n) is 19.1. The van der Waals surface area contributed by atoms with Crippen LogP contribution in [0.1, 0.15) is 68.2 Å². The van der Waals surface area contributed by atoms with E-state index in [-0.39, 0.29) is 6.04 Å². The maximum atomic E-state index is 6.18. The van der Waals surface area contributed by atoms with Gasteiger partial charge in [0, 0.05) is 21.3 Å². The molecule has 0 bridgehead atoms. The number of nitrogens with zero attached hydrogens (tertiary/aromatic N) is 2. The van der Waals surface area contributed by atoms with Gasteiger partial charge in [-0.15, -0.1) is 0 Å². The number of hydrogen-bond acceptors (Lipinski definition) is 4. The van der Waals surface area contributed by atoms with Gasteiger partial charge >= 0.3 is 0 Å². The number of para-hydroxylation sites is 1. The lowest BCUT2D eigenvalue weighted by Crippen LogP contribution is -2.16. The highest BCUT2D eigenvalue weighted by molar-refractivity contribution is 6.35. The molecule has 4 aromatic rings. The van der Waals surface area contributed by atoms with Crippen LogP contribution in [0.5, 0.6) is 0 Å². The summed E-state index contributed by atoms with van der Waals surface area (Å²) < 4.78 is 5.78. The summed E-state index contributed by atoms with van der Waals surface area (Å²) in [5.74, 6) is 1.63. The zero-order valence-corrected chi connectivity index (χ0v) is 20.7. The minimum Gasteiger partial charge on any atom is -0.370 e. The van der Waals surface area contributed by atoms with Gasteiger partial charge in [0.1, 0.15) is 6.04 Å². The van der Waals surface area contributed by atoms with Crippen molar-refractivity contribution in [3.05, 3.63) is 99.4 Å². The Morgan fingerprint density at radius 1 is 0.788 bits per heavy atom. The fourth-order valence-electron chi connectivity index (χ4n) is 3.95. The molecule has 0 amide bonds. The molecule has 1 N–H and O–H groups in total. The number of nitrogens with one attached hydrogen (secondary N) is 1. The molecule has 6 heteroatoms. The van der Waals surface area contributed by atoms with Gasteiger partial charge in [-0.25, -0.2) is 0 Å². The second-order valence-corrected chi connectivity index (χ2v) is 9.60. The van der Waals surface area contributed by atoms with Crippen molar-refractivity contribution in [3.63, 3.8) is 0 Å². The van der Waals surface area contributed by atoms with E-state index < -0.39 is 0 Å². The van der Waals surface area contributed by atoms with Gasteiger partial charge in [0.15, 0.2) is 0 Å². The molecule has 3 aromatic carbocycles. The third-order valence-corrected chi connectivity index (χ3v) is 6.04. The first-order chi connectivity index (χ1) is 15.8. The van der Waals surface area contributed by atoms with Crippen LogP contribution in [-0.2, 0) is 0 Å². The van der Waals surface area contributed by atoms with Crippen LogP contribution in [0.15, 0.2) is 71.3 Å². The lowest BCUT2D eigenvalue weighted by atomic mass is 9.91. The molecular formula is C27H27Cl2N3O. The maximum absolute atomic E-state index is 6.18. The standard InChI is InChI=1S/C27H27Cl2N3O/c1-16(2)22-11-8-12-23(17(3)4)25(22)30-24(18-9-6-5-7-10-18)27-31-26(32-33-27)19-13-20(28)15-21(29)14-19/h5-17,24,30H,1-4H3. The van der Waals surface area contributed by atoms with E-state index >= 15 is 0 Å². The first kappa shape index (κ1) is 23.3. The lowest BCUT2D eigenvalue weighted by molar-refractivity contribution is 0.372. The molecule has 0 aliphatic rings. The average molecular weight is 480 g/mol. The van der Waals surface area contributed by atoms with Gasteiger partial charge in [0.05, 0.1) is 0 Å². The van der Waals surface area contributed by atoms with E-state index in [4.69, 9.17) is 32.7 Å². The highest BCUT2D eigenvalue weighted by Crippen LogP contribution is 2.37. The Hall–Kier alpha value is -2.82. The Bertz CT molecular complexity index is 1190. The molecule has 33 heavy (non-hydrogen) atoms. The Morgan fingerprint density at radius 2 is 1.39 bits per heavy atom. The normalized spacial score (nSPS) is 12.4. The fraction of sp³-hybridized carbons (Fsp3) is 0.259. The van der Waals surface area contributed by atoms with Crippen LogP contribution in [0.2, 0.25) is 10.0 Å². The molecule has 0 radical (unpaired) electrons. The second-order valence-electron chi connectivity index (χ2n) is 8.72. The van der Waals surface area contributed by atoms with Crippen molar-refractivity contribution < 1.29 is 4.52 Å². The van der Waals surface area contributed by atoms with Gasteiger partial charge in [0.2, 0.25) is 5.82 Å². The van der Waals surface area contributed by atoms with Crippen molar-refractivity contribution in [1.29, 1.82) is 0 Å². The minimum absolute atomic E-state index is 0.320. The Morgan fingerprint density at radius 3 is 1.97 bits per heavy atom. The summed E-state index contributed by atoms with van der Waals surface area (Å²) in [6.45, 7) is 8.82. The quantitative estimate of drug-likeness (QED) is 0.288. The van der Waals surface area contributed by atoms with Gasteiger partial charge < -0.3 is 9.84 Å². The zero-order chi connectivity index (χ0) is 23.5. The number of hydrogen-bond donors (Lipinski definition) is 1. The summed E-state index contributed by atoms with van der Waals surface area (Å²) in [7, 11) is 0. The van der Waals surface area contributed by atoms with Crippen LogP contribution in [0, 0.1) is 0 Å². The van der Waals surface area contributed by atoms with Crippen molar-refractivity contribution in [2.75, 3.05) is 5.32 Å². The van der Waals surface area contributed by atoms with Crippen LogP contribution in [0.4, 0.5) is 5.69 Å². The highest BCUT2D eigenvalue weighted by atomic mass is 35.5. The molecule has 1 unspecified atom stereocenters. The van der Waals surface area contributed by atoms with Crippen LogP contribution in [-0.4, -0.2) is 10.1 Å². The van der Waals surface area contributed by atoms with Gasteiger partial charge in [-0.05, 0) is 46.7 Å². The smallest absolute Gasteiger partial charge is 0.254 e. The third-order valence-electron chi connectivity index (χ3n) is 5.60. The molecule has 4 nitrogen and oxygen atoms in total. The van der Waals surface area contributed by atoms with E-state index in [2.05, 4.69) is 68.5 Å². The predicted molar refractivity (Wildman–Crippen MR) is 136 cm³/mol. The van der Waals surface area contributed by atoms with E-state index in [1.165, 1.54) is 11.1 Å². The molecule has 1 aromatic heterocycles. The van der Waals surface area contributed by atoms with Crippen molar-refractivity contribution in [1.82, 2.24) is 10.1 Å². The average Bonchev–Trinajstić information content (AvgIpc) is 3.27. The topological polar surface area (TPSA) is 51.0 Å². The molecule has 0 saturated heterocycles. The first-order valence-corrected chi connectivity index (χ1v) is 11.8. The van der Waals surface area contributed by atoms with E-state index in [1.807, 2.05) is 18.2 Å². The van der Waals surface area contributed by atoms with Crippen LogP contribution in [0.3, 0.4) is 0 Å². The summed E-state index contributed by atoms with van der Waals surface area (Å²) in [6.07, 6.45) is 0. The molecule has 170 valence electrons. The number of benzene rings is 3. The third kappa shape index (κ3) is 5.23. The molecule has 0 spiro atoms. The van der Waals surface area contributed by atoms with Crippen molar-refractivity contribution >= 4 is 28.9 Å². The Balaban J connectivity index is 1.80. The van der Waals surface area contributed by atoms with E-state index in [0.29, 0.717) is 39.2 Å².